The summed E-state index contributed by atoms with van der Waals surface area (Å²) in [5.74, 6) is 1.55. The van der Waals surface area contributed by atoms with E-state index in [-0.39, 0.29) is 23.2 Å². The van der Waals surface area contributed by atoms with Gasteiger partial charge >= 0.3 is 0 Å². The van der Waals surface area contributed by atoms with E-state index >= 15 is 0 Å². The summed E-state index contributed by atoms with van der Waals surface area (Å²) in [7, 11) is 1.57. The molecule has 0 saturated carbocycles. The molecule has 1 atom stereocenters. The van der Waals surface area contributed by atoms with Gasteiger partial charge in [-0.3, -0.25) is 9.79 Å². The van der Waals surface area contributed by atoms with Crippen LogP contribution < -0.4 is 10.2 Å². The summed E-state index contributed by atoms with van der Waals surface area (Å²) < 4.78 is 26.5. The van der Waals surface area contributed by atoms with Crippen molar-refractivity contribution in [2.45, 2.75) is 33.2 Å². The number of methoxy groups -OCH3 is 1. The van der Waals surface area contributed by atoms with Gasteiger partial charge in [0.15, 0.2) is 5.43 Å². The van der Waals surface area contributed by atoms with E-state index in [4.69, 9.17) is 14.1 Å². The molecule has 0 amide bonds. The lowest BCUT2D eigenvalue weighted by atomic mass is 9.91. The second-order valence-electron chi connectivity index (χ2n) is 10.2. The quantitative estimate of drug-likeness (QED) is 0.289. The Morgan fingerprint density at radius 2 is 1.97 bits per heavy atom. The molecule has 0 spiro atoms. The van der Waals surface area contributed by atoms with Gasteiger partial charge in [-0.2, -0.15) is 5.26 Å². The minimum atomic E-state index is -0.340. The summed E-state index contributed by atoms with van der Waals surface area (Å²) in [6.45, 7) is 7.05. The van der Waals surface area contributed by atoms with Crippen LogP contribution in [0.3, 0.4) is 0 Å². The molecule has 0 saturated heterocycles. The number of aryl methyl sites for hydroxylation is 1. The average Bonchev–Trinajstić information content (AvgIpc) is 3.41. The maximum Gasteiger partial charge on any atom is 0.196 e. The molecule has 0 fully saturated rings. The Balaban J connectivity index is 1.70. The molecule has 6 nitrogen and oxygen atoms in total. The number of ether oxygens (including phenoxy) is 1. The maximum atomic E-state index is 14.5. The first-order valence-corrected chi connectivity index (χ1v) is 13.0. The fraction of sp³-hybridized carbons (Fsp3) is 0.281. The summed E-state index contributed by atoms with van der Waals surface area (Å²) >= 11 is 0. The molecule has 0 radical (unpaired) electrons. The van der Waals surface area contributed by atoms with Gasteiger partial charge in [-0.1, -0.05) is 38.1 Å². The largest absolute Gasteiger partial charge is 0.497 e. The monoisotopic (exact) mass is 523 g/mol. The molecule has 4 aromatic rings. The van der Waals surface area contributed by atoms with Crippen LogP contribution in [0.25, 0.3) is 11.0 Å². The SMILES string of the molecule is COc1ccc2c(=O)c(Cc3cccc(C#N)c3)c(C(C(C)C)N3CCN=C3c3ccc(C)c(F)c3)oc2c1. The van der Waals surface area contributed by atoms with Crippen molar-refractivity contribution in [3.8, 4) is 11.8 Å². The molecule has 3 aromatic carbocycles. The highest BCUT2D eigenvalue weighted by Crippen LogP contribution is 2.36. The second kappa shape index (κ2) is 10.7. The zero-order valence-electron chi connectivity index (χ0n) is 22.5. The second-order valence-corrected chi connectivity index (χ2v) is 10.2. The topological polar surface area (TPSA) is 78.8 Å². The van der Waals surface area contributed by atoms with Crippen LogP contribution in [0.15, 0.2) is 74.9 Å². The standard InChI is InChI=1S/C32H30FN3O3/c1-19(2)29(36-13-12-35-32(36)23-9-8-20(3)27(33)16-23)31-26(15-21-6-5-7-22(14-21)18-34)30(37)25-11-10-24(38-4)17-28(25)39-31/h5-11,14,16-17,19,29H,12-13,15H2,1-4H3. The number of amidine groups is 1. The lowest BCUT2D eigenvalue weighted by Crippen LogP contribution is -2.37. The van der Waals surface area contributed by atoms with E-state index in [1.165, 1.54) is 6.07 Å². The predicted molar refractivity (Wildman–Crippen MR) is 150 cm³/mol. The van der Waals surface area contributed by atoms with Crippen LogP contribution in [0.1, 0.15) is 53.5 Å². The summed E-state index contributed by atoms with van der Waals surface area (Å²) in [6.07, 6.45) is 0.303. The van der Waals surface area contributed by atoms with Gasteiger partial charge in [0.25, 0.3) is 0 Å². The molecule has 2 heterocycles. The van der Waals surface area contributed by atoms with Crippen molar-refractivity contribution >= 4 is 16.8 Å². The van der Waals surface area contributed by atoms with Crippen LogP contribution in [0, 0.1) is 30.0 Å². The van der Waals surface area contributed by atoms with Gasteiger partial charge in [-0.05, 0) is 54.3 Å². The van der Waals surface area contributed by atoms with Gasteiger partial charge in [-0.15, -0.1) is 0 Å². The summed E-state index contributed by atoms with van der Waals surface area (Å²) in [6, 6.07) is 19.4. The third-order valence-electron chi connectivity index (χ3n) is 7.20. The number of hydrogen-bond donors (Lipinski definition) is 0. The first-order chi connectivity index (χ1) is 18.8. The van der Waals surface area contributed by atoms with Crippen molar-refractivity contribution in [2.24, 2.45) is 10.9 Å². The average molecular weight is 524 g/mol. The number of halogens is 1. The third-order valence-corrected chi connectivity index (χ3v) is 7.20. The highest BCUT2D eigenvalue weighted by atomic mass is 19.1. The number of hydrogen-bond acceptors (Lipinski definition) is 6. The lowest BCUT2D eigenvalue weighted by Gasteiger charge is -2.34. The minimum absolute atomic E-state index is 0.0268. The third kappa shape index (κ3) is 5.03. The Kier molecular flexibility index (Phi) is 7.21. The van der Waals surface area contributed by atoms with Crippen LogP contribution in [-0.4, -0.2) is 30.9 Å². The van der Waals surface area contributed by atoms with Gasteiger partial charge in [0.1, 0.15) is 28.7 Å². The van der Waals surface area contributed by atoms with Crippen molar-refractivity contribution in [1.82, 2.24) is 4.90 Å². The fourth-order valence-electron chi connectivity index (χ4n) is 5.24. The van der Waals surface area contributed by atoms with Crippen molar-refractivity contribution < 1.29 is 13.5 Å². The van der Waals surface area contributed by atoms with E-state index < -0.39 is 0 Å². The predicted octanol–water partition coefficient (Wildman–Crippen LogP) is 6.17. The van der Waals surface area contributed by atoms with Gasteiger partial charge in [0.2, 0.25) is 0 Å². The van der Waals surface area contributed by atoms with Gasteiger partial charge < -0.3 is 14.1 Å². The molecule has 7 heteroatoms. The number of nitrogens with zero attached hydrogens (tertiary/aromatic N) is 3. The Bertz CT molecular complexity index is 1680. The number of aliphatic imine (C=N–C) groups is 1. The zero-order valence-corrected chi connectivity index (χ0v) is 22.5. The first kappa shape index (κ1) is 26.2. The molecule has 0 aliphatic carbocycles. The minimum Gasteiger partial charge on any atom is -0.497 e. The van der Waals surface area contributed by atoms with Crippen LogP contribution in [-0.2, 0) is 6.42 Å². The molecule has 5 rings (SSSR count). The van der Waals surface area contributed by atoms with Crippen molar-refractivity contribution in [3.63, 3.8) is 0 Å². The van der Waals surface area contributed by atoms with Gasteiger partial charge in [0, 0.05) is 30.2 Å². The molecular formula is C32H30FN3O3. The summed E-state index contributed by atoms with van der Waals surface area (Å²) in [4.78, 5) is 20.9. The van der Waals surface area contributed by atoms with Crippen LogP contribution in [0.5, 0.6) is 5.75 Å². The van der Waals surface area contributed by atoms with E-state index in [1.54, 1.807) is 50.4 Å². The van der Waals surface area contributed by atoms with Crippen molar-refractivity contribution in [1.29, 1.82) is 5.26 Å². The van der Waals surface area contributed by atoms with E-state index in [1.807, 2.05) is 18.2 Å². The molecule has 39 heavy (non-hydrogen) atoms. The molecule has 0 N–H and O–H groups in total. The molecule has 1 aliphatic rings. The highest BCUT2D eigenvalue weighted by molar-refractivity contribution is 6.00. The normalized spacial score (nSPS) is 14.0. The smallest absolute Gasteiger partial charge is 0.196 e. The van der Waals surface area contributed by atoms with Gasteiger partial charge in [-0.25, -0.2) is 4.39 Å². The number of fused-ring (bicyclic) bond motifs is 1. The van der Waals surface area contributed by atoms with E-state index in [9.17, 15) is 14.4 Å². The lowest BCUT2D eigenvalue weighted by molar-refractivity contribution is 0.231. The maximum absolute atomic E-state index is 14.5. The van der Waals surface area contributed by atoms with E-state index in [0.717, 1.165) is 5.56 Å². The number of rotatable bonds is 7. The van der Waals surface area contributed by atoms with E-state index in [0.29, 0.717) is 70.1 Å². The zero-order chi connectivity index (χ0) is 27.7. The molecule has 1 unspecified atom stereocenters. The number of nitriles is 1. The molecule has 198 valence electrons. The van der Waals surface area contributed by atoms with Gasteiger partial charge in [0.05, 0.1) is 36.7 Å². The molecule has 1 aliphatic heterocycles. The van der Waals surface area contributed by atoms with Crippen molar-refractivity contribution in [2.75, 3.05) is 20.2 Å². The summed E-state index contributed by atoms with van der Waals surface area (Å²) in [5.41, 5.74) is 3.47. The number of benzene rings is 3. The molecular weight excluding hydrogens is 493 g/mol. The highest BCUT2D eigenvalue weighted by Gasteiger charge is 2.35. The Morgan fingerprint density at radius 3 is 2.69 bits per heavy atom. The van der Waals surface area contributed by atoms with Crippen LogP contribution >= 0.6 is 0 Å². The fourth-order valence-corrected chi connectivity index (χ4v) is 5.24. The Morgan fingerprint density at radius 1 is 1.15 bits per heavy atom. The molecule has 1 aromatic heterocycles. The summed E-state index contributed by atoms with van der Waals surface area (Å²) in [5, 5.41) is 9.88. The first-order valence-electron chi connectivity index (χ1n) is 13.0. The Hall–Kier alpha value is -4.44. The van der Waals surface area contributed by atoms with Crippen molar-refractivity contribution in [3.05, 3.63) is 110 Å². The van der Waals surface area contributed by atoms with Crippen LogP contribution in [0.2, 0.25) is 0 Å². The van der Waals surface area contributed by atoms with Crippen LogP contribution in [0.4, 0.5) is 4.39 Å². The Labute approximate surface area is 227 Å². The van der Waals surface area contributed by atoms with E-state index in [2.05, 4.69) is 24.8 Å². The molecule has 0 bridgehead atoms.